The number of rotatable bonds is 14. The fourth-order valence-electron chi connectivity index (χ4n) is 9.01. The van der Waals surface area contributed by atoms with E-state index in [1.54, 1.807) is 27.7 Å². The largest absolute Gasteiger partial charge is 0.467 e. The molecule has 67 heavy (non-hydrogen) atoms. The summed E-state index contributed by atoms with van der Waals surface area (Å²) in [5.74, 6) is -2.81. The molecule has 0 aliphatic carbocycles. The van der Waals surface area contributed by atoms with Crippen molar-refractivity contribution in [1.82, 2.24) is 14.5 Å². The first-order valence-corrected chi connectivity index (χ1v) is 22.6. The summed E-state index contributed by atoms with van der Waals surface area (Å²) < 4.78 is 41.9. The third-order valence-electron chi connectivity index (χ3n) is 12.1. The number of carbonyl (C=O) groups is 5. The second-order valence-electron chi connectivity index (χ2n) is 16.6. The number of thiophene rings is 1. The number of benzene rings is 2. The molecule has 5 aromatic rings. The maximum absolute atomic E-state index is 14.1. The number of methoxy groups -OCH3 is 1. The second kappa shape index (κ2) is 19.4. The van der Waals surface area contributed by atoms with Gasteiger partial charge < -0.3 is 42.6 Å². The molecule has 1 amide bonds. The first kappa shape index (κ1) is 46.5. The Balaban J connectivity index is 1.06. The molecule has 3 aliphatic rings. The van der Waals surface area contributed by atoms with Crippen LogP contribution in [-0.4, -0.2) is 88.7 Å². The molecule has 0 bridgehead atoms. The normalized spacial score (nSPS) is 19.4. The topological polar surface area (TPSA) is 237 Å². The van der Waals surface area contributed by atoms with Gasteiger partial charge in [0.05, 0.1) is 48.6 Å². The van der Waals surface area contributed by atoms with Gasteiger partial charge in [-0.3, -0.25) is 19.2 Å². The fourth-order valence-corrected chi connectivity index (χ4v) is 10.1. The molecule has 5 atom stereocenters. The highest BCUT2D eigenvalue weighted by Gasteiger charge is 2.47. The first-order valence-electron chi connectivity index (χ1n) is 21.8. The van der Waals surface area contributed by atoms with Crippen LogP contribution < -0.4 is 10.3 Å². The van der Waals surface area contributed by atoms with Crippen molar-refractivity contribution in [3.05, 3.63) is 102 Å². The van der Waals surface area contributed by atoms with Gasteiger partial charge in [-0.25, -0.2) is 14.6 Å². The summed E-state index contributed by atoms with van der Waals surface area (Å²) in [6.45, 7) is 8.34. The number of azide groups is 1. The van der Waals surface area contributed by atoms with Crippen LogP contribution in [0.3, 0.4) is 0 Å². The van der Waals surface area contributed by atoms with Gasteiger partial charge in [-0.2, -0.15) is 0 Å². The van der Waals surface area contributed by atoms with Gasteiger partial charge in [0.2, 0.25) is 12.4 Å². The molecule has 0 spiro atoms. The molecule has 6 heterocycles. The Kier molecular flexibility index (Phi) is 13.5. The quantitative estimate of drug-likeness (QED) is 0.0348. The fraction of sp³-hybridized carbons (Fsp3) is 0.426. The van der Waals surface area contributed by atoms with Crippen molar-refractivity contribution in [2.24, 2.45) is 5.11 Å². The van der Waals surface area contributed by atoms with Crippen molar-refractivity contribution < 1.29 is 57.1 Å². The van der Waals surface area contributed by atoms with Crippen molar-refractivity contribution in [3.63, 3.8) is 0 Å². The Labute approximate surface area is 387 Å². The molecule has 0 radical (unpaired) electrons. The number of fused-ring (bicyclic) bond motifs is 6. The van der Waals surface area contributed by atoms with E-state index in [0.717, 1.165) is 22.0 Å². The van der Waals surface area contributed by atoms with Gasteiger partial charge in [0.1, 0.15) is 25.1 Å². The Morgan fingerprint density at radius 1 is 1.04 bits per heavy atom. The zero-order valence-corrected chi connectivity index (χ0v) is 38.5. The van der Waals surface area contributed by atoms with E-state index in [0.29, 0.717) is 55.9 Å². The highest BCUT2D eigenvalue weighted by molar-refractivity contribution is 7.19. The average Bonchev–Trinajstić information content (AvgIpc) is 3.90. The van der Waals surface area contributed by atoms with Crippen LogP contribution in [-0.2, 0) is 80.3 Å². The lowest BCUT2D eigenvalue weighted by molar-refractivity contribution is -0.250. The number of pyridine rings is 2. The van der Waals surface area contributed by atoms with Crippen molar-refractivity contribution in [1.29, 1.82) is 0 Å². The van der Waals surface area contributed by atoms with Gasteiger partial charge in [-0.1, -0.05) is 36.3 Å². The molecule has 0 saturated carbocycles. The first-order chi connectivity index (χ1) is 32.2. The van der Waals surface area contributed by atoms with E-state index in [2.05, 4.69) is 10.0 Å². The monoisotopic (exact) mass is 936 g/mol. The predicted octanol–water partition coefficient (Wildman–Crippen LogP) is 7.12. The summed E-state index contributed by atoms with van der Waals surface area (Å²) in [5.41, 5.74) is 14.5. The molecule has 1 saturated heterocycles. The van der Waals surface area contributed by atoms with Crippen LogP contribution in [0.4, 0.5) is 4.79 Å². The van der Waals surface area contributed by atoms with Gasteiger partial charge in [0.15, 0.2) is 6.10 Å². The number of nitrogens with zero attached hydrogens (tertiary/aromatic N) is 6. The maximum Gasteiger partial charge on any atom is 0.410 e. The molecule has 3 aromatic heterocycles. The standard InChI is InChI=1S/C47H48N6O13S/c1-7-28-31-17-36-40-33(20-53(36)43(56)34(31)22-61-44(28)57)29(30-10-8-9-11-35(30)50-40)14-15-52(23(2)3)47(59)62-21-26-12-13-37(32-16-27(19-49-51-48)67-42(26)32)65-46-41(64-25(5)55)38(63-24(4)54)18-39(66-46)45(58)60-6/h8-13,16-17,23,28,38-39,41,46H,7,14-15,18-22H2,1-6H3/t28-,38-,39-,41+,46+/m0/s1. The van der Waals surface area contributed by atoms with Crippen molar-refractivity contribution >= 4 is 62.3 Å². The number of amides is 1. The van der Waals surface area contributed by atoms with Gasteiger partial charge >= 0.3 is 30.0 Å². The Morgan fingerprint density at radius 2 is 1.82 bits per heavy atom. The number of ether oxygens (including phenoxy) is 7. The Bertz CT molecular complexity index is 2920. The van der Waals surface area contributed by atoms with Gasteiger partial charge in [0.25, 0.3) is 5.56 Å². The lowest BCUT2D eigenvalue weighted by atomic mass is 9.90. The van der Waals surface area contributed by atoms with E-state index in [9.17, 15) is 28.8 Å². The van der Waals surface area contributed by atoms with Crippen LogP contribution in [0.25, 0.3) is 42.8 Å². The SMILES string of the molecule is CC[C@@H]1C(=O)OCc2c1cc1n(c2=O)Cc2c-1nc1ccccc1c2CCN(C(=O)OCc1ccc(O[C@@H]2O[C@H](C(=O)OC)C[C@H](OC(C)=O)[C@H]2OC(C)=O)c2cc(CN=[N+]=[N-])sc12)C(C)C. The van der Waals surface area contributed by atoms with Crippen LogP contribution in [0.15, 0.2) is 58.4 Å². The minimum Gasteiger partial charge on any atom is -0.467 e. The zero-order chi connectivity index (χ0) is 47.7. The summed E-state index contributed by atoms with van der Waals surface area (Å²) >= 11 is 1.29. The summed E-state index contributed by atoms with van der Waals surface area (Å²) in [7, 11) is 1.18. The van der Waals surface area contributed by atoms with Crippen LogP contribution in [0, 0.1) is 0 Å². The van der Waals surface area contributed by atoms with E-state index in [-0.39, 0.29) is 62.6 Å². The number of cyclic esters (lactones) is 1. The third kappa shape index (κ3) is 9.24. The summed E-state index contributed by atoms with van der Waals surface area (Å²) in [6, 6.07) is 14.4. The average molecular weight is 937 g/mol. The molecule has 350 valence electrons. The molecule has 0 unspecified atom stereocenters. The molecular weight excluding hydrogens is 889 g/mol. The molecule has 1 fully saturated rings. The zero-order valence-electron chi connectivity index (χ0n) is 37.6. The van der Waals surface area contributed by atoms with Gasteiger partial charge in [0, 0.05) is 69.2 Å². The third-order valence-corrected chi connectivity index (χ3v) is 13.3. The Hall–Kier alpha value is -7.02. The second-order valence-corrected chi connectivity index (χ2v) is 17.7. The highest BCUT2D eigenvalue weighted by Crippen LogP contribution is 2.41. The van der Waals surface area contributed by atoms with Crippen LogP contribution in [0.1, 0.15) is 86.1 Å². The van der Waals surface area contributed by atoms with E-state index in [1.165, 1.54) is 32.3 Å². The van der Waals surface area contributed by atoms with Crippen LogP contribution >= 0.6 is 11.3 Å². The highest BCUT2D eigenvalue weighted by atomic mass is 32.1. The van der Waals surface area contributed by atoms with Crippen LogP contribution in [0.5, 0.6) is 5.75 Å². The van der Waals surface area contributed by atoms with E-state index < -0.39 is 54.5 Å². The minimum atomic E-state index is -1.44. The number of carbonyl (C=O) groups excluding carboxylic acids is 5. The lowest BCUT2D eigenvalue weighted by Gasteiger charge is -2.39. The number of hydrogen-bond acceptors (Lipinski definition) is 16. The van der Waals surface area contributed by atoms with Crippen molar-refractivity contribution in [3.8, 4) is 17.1 Å². The van der Waals surface area contributed by atoms with Crippen molar-refractivity contribution in [2.75, 3.05) is 13.7 Å². The molecule has 3 aliphatic heterocycles. The van der Waals surface area contributed by atoms with E-state index in [1.807, 2.05) is 51.1 Å². The Morgan fingerprint density at radius 3 is 2.54 bits per heavy atom. The molecule has 2 aromatic carbocycles. The molecule has 8 rings (SSSR count). The molecular formula is C47H48N6O13S. The number of para-hydroxylation sites is 1. The minimum absolute atomic E-state index is 0.00731. The van der Waals surface area contributed by atoms with Gasteiger partial charge in [-0.05, 0) is 67.6 Å². The van der Waals surface area contributed by atoms with Crippen LogP contribution in [0.2, 0.25) is 0 Å². The molecule has 19 nitrogen and oxygen atoms in total. The molecule has 0 N–H and O–H groups in total. The van der Waals surface area contributed by atoms with E-state index in [4.69, 9.17) is 43.7 Å². The number of hydrogen-bond donors (Lipinski definition) is 0. The smallest absolute Gasteiger partial charge is 0.410 e. The molecule has 20 heteroatoms. The lowest BCUT2D eigenvalue weighted by Crippen LogP contribution is -2.55. The summed E-state index contributed by atoms with van der Waals surface area (Å²) in [4.78, 5) is 87.9. The maximum atomic E-state index is 14.1. The van der Waals surface area contributed by atoms with E-state index >= 15 is 0 Å². The number of aromatic nitrogens is 2. The van der Waals surface area contributed by atoms with Gasteiger partial charge in [-0.15, -0.1) is 11.3 Å². The summed E-state index contributed by atoms with van der Waals surface area (Å²) in [5, 5.41) is 5.13. The number of esters is 4. The van der Waals surface area contributed by atoms with Crippen molar-refractivity contribution in [2.45, 2.75) is 117 Å². The predicted molar refractivity (Wildman–Crippen MR) is 241 cm³/mol. The summed E-state index contributed by atoms with van der Waals surface area (Å²) in [6.07, 6.45) is -4.89.